The average Bonchev–Trinajstić information content (AvgIpc) is 2.87. The fourth-order valence-corrected chi connectivity index (χ4v) is 3.87. The predicted octanol–water partition coefficient (Wildman–Crippen LogP) is 6.05. The third kappa shape index (κ3) is 4.15. The van der Waals surface area contributed by atoms with Crippen molar-refractivity contribution < 1.29 is 9.90 Å². The molecule has 2 aromatic carbocycles. The van der Waals surface area contributed by atoms with Gasteiger partial charge in [0.05, 0.1) is 11.3 Å². The number of rotatable bonds is 6. The van der Waals surface area contributed by atoms with Crippen LogP contribution in [0.2, 0.25) is 0 Å². The molecule has 4 rings (SSSR count). The number of unbranched alkanes of at least 4 members (excludes halogenated alkanes) is 2. The number of phenols is 1. The molecule has 5 nitrogen and oxygen atoms in total. The van der Waals surface area contributed by atoms with Gasteiger partial charge in [-0.1, -0.05) is 38.0 Å². The van der Waals surface area contributed by atoms with Crippen LogP contribution >= 0.6 is 0 Å². The van der Waals surface area contributed by atoms with Crippen LogP contribution in [-0.4, -0.2) is 15.9 Å². The smallest absolute Gasteiger partial charge is 0.173 e. The van der Waals surface area contributed by atoms with Gasteiger partial charge < -0.3 is 15.7 Å². The molecule has 5 heteroatoms. The molecule has 3 aromatic rings. The van der Waals surface area contributed by atoms with E-state index < -0.39 is 0 Å². The summed E-state index contributed by atoms with van der Waals surface area (Å²) < 4.78 is 0. The van der Waals surface area contributed by atoms with Crippen LogP contribution in [0.1, 0.15) is 53.2 Å². The zero-order chi connectivity index (χ0) is 21.1. The summed E-state index contributed by atoms with van der Waals surface area (Å²) in [4.78, 5) is 17.7. The number of Topliss-reactive ketones (excluding diaryl/α,β-unsaturated/α-hetero) is 1. The second kappa shape index (κ2) is 8.57. The van der Waals surface area contributed by atoms with Crippen molar-refractivity contribution >= 4 is 28.7 Å². The maximum absolute atomic E-state index is 13.2. The summed E-state index contributed by atoms with van der Waals surface area (Å²) in [5.41, 5.74) is 6.17. The van der Waals surface area contributed by atoms with Crippen LogP contribution in [0, 0.1) is 6.92 Å². The molecule has 0 amide bonds. The number of nitrogens with zero attached hydrogens (tertiary/aromatic N) is 1. The second-order valence-corrected chi connectivity index (χ2v) is 7.88. The Morgan fingerprint density at radius 2 is 1.97 bits per heavy atom. The quantitative estimate of drug-likeness (QED) is 0.438. The van der Waals surface area contributed by atoms with E-state index in [1.807, 2.05) is 13.0 Å². The third-order valence-corrected chi connectivity index (χ3v) is 5.56. The number of nitrogens with one attached hydrogen (secondary N) is 2. The highest BCUT2D eigenvalue weighted by atomic mass is 16.3. The zero-order valence-corrected chi connectivity index (χ0v) is 17.5. The largest absolute Gasteiger partial charge is 0.508 e. The molecule has 2 heterocycles. The number of hydrogen-bond acceptors (Lipinski definition) is 5. The summed E-state index contributed by atoms with van der Waals surface area (Å²) in [6.07, 6.45) is 6.62. The lowest BCUT2D eigenvalue weighted by atomic mass is 9.99. The molecular weight excluding hydrogens is 374 g/mol. The molecule has 0 spiro atoms. The maximum atomic E-state index is 13.2. The topological polar surface area (TPSA) is 74.2 Å². The van der Waals surface area contributed by atoms with Gasteiger partial charge in [-0.05, 0) is 54.7 Å². The first-order chi connectivity index (χ1) is 14.5. The second-order valence-electron chi connectivity index (χ2n) is 7.88. The number of aromatic nitrogens is 1. The molecule has 0 saturated heterocycles. The number of hydrogen-bond donors (Lipinski definition) is 3. The summed E-state index contributed by atoms with van der Waals surface area (Å²) in [5.74, 6) is 0.756. The van der Waals surface area contributed by atoms with Gasteiger partial charge in [0.25, 0.3) is 0 Å². The zero-order valence-electron chi connectivity index (χ0n) is 17.5. The monoisotopic (exact) mass is 401 g/mol. The van der Waals surface area contributed by atoms with Gasteiger partial charge in [0.15, 0.2) is 5.78 Å². The standard InChI is InChI=1S/C25H27N3O2/c1-3-4-5-6-17-8-10-20-18(13-17)14-23(30)24-21(11-12-26-25(24)28-20)27-22-15-19(29)9-7-16(22)2/h7-13,15,29H,3-6,14H2,1-2H3,(H2,26,27,28). The maximum Gasteiger partial charge on any atom is 0.173 e. The summed E-state index contributed by atoms with van der Waals surface area (Å²) in [7, 11) is 0. The molecule has 154 valence electrons. The van der Waals surface area contributed by atoms with Gasteiger partial charge in [0.2, 0.25) is 0 Å². The first-order valence-corrected chi connectivity index (χ1v) is 10.5. The fourth-order valence-electron chi connectivity index (χ4n) is 3.87. The number of ketones is 1. The normalized spacial score (nSPS) is 12.5. The van der Waals surface area contributed by atoms with Gasteiger partial charge >= 0.3 is 0 Å². The van der Waals surface area contributed by atoms with E-state index in [1.165, 1.54) is 18.4 Å². The SMILES string of the molecule is CCCCCc1ccc2c(c1)CC(=O)c1c(Nc3cc(O)ccc3C)ccnc1N2. The van der Waals surface area contributed by atoms with Crippen molar-refractivity contribution in [3.05, 3.63) is 70.9 Å². The lowest BCUT2D eigenvalue weighted by Crippen LogP contribution is -2.08. The molecule has 0 radical (unpaired) electrons. The van der Waals surface area contributed by atoms with E-state index >= 15 is 0 Å². The van der Waals surface area contributed by atoms with Crippen LogP contribution in [0.4, 0.5) is 22.9 Å². The molecule has 0 saturated carbocycles. The van der Waals surface area contributed by atoms with E-state index in [0.717, 1.165) is 35.3 Å². The van der Waals surface area contributed by atoms with Crippen LogP contribution in [0.25, 0.3) is 0 Å². The summed E-state index contributed by atoms with van der Waals surface area (Å²) in [6.45, 7) is 4.16. The lowest BCUT2D eigenvalue weighted by molar-refractivity contribution is 0.0995. The van der Waals surface area contributed by atoms with Gasteiger partial charge in [0.1, 0.15) is 11.6 Å². The van der Waals surface area contributed by atoms with E-state index in [2.05, 4.69) is 40.7 Å². The summed E-state index contributed by atoms with van der Waals surface area (Å²) in [6, 6.07) is 13.3. The number of carbonyl (C=O) groups is 1. The molecule has 0 fully saturated rings. The first kappa shape index (κ1) is 20.0. The van der Waals surface area contributed by atoms with Crippen LogP contribution in [0.3, 0.4) is 0 Å². The Balaban J connectivity index is 1.65. The van der Waals surface area contributed by atoms with E-state index in [9.17, 15) is 9.90 Å². The van der Waals surface area contributed by atoms with Crippen molar-refractivity contribution in [3.8, 4) is 5.75 Å². The Labute approximate surface area is 177 Å². The minimum atomic E-state index is 0.0235. The highest BCUT2D eigenvalue weighted by Gasteiger charge is 2.24. The van der Waals surface area contributed by atoms with Crippen LogP contribution in [-0.2, 0) is 12.8 Å². The number of aromatic hydroxyl groups is 1. The molecule has 0 unspecified atom stereocenters. The number of anilines is 4. The molecule has 1 aliphatic heterocycles. The Hall–Kier alpha value is -3.34. The minimum Gasteiger partial charge on any atom is -0.508 e. The van der Waals surface area contributed by atoms with Crippen molar-refractivity contribution in [1.29, 1.82) is 0 Å². The molecule has 0 aliphatic carbocycles. The Morgan fingerprint density at radius 1 is 1.10 bits per heavy atom. The van der Waals surface area contributed by atoms with Gasteiger partial charge in [-0.15, -0.1) is 0 Å². The summed E-state index contributed by atoms with van der Waals surface area (Å²) >= 11 is 0. The summed E-state index contributed by atoms with van der Waals surface area (Å²) in [5, 5.41) is 16.5. The van der Waals surface area contributed by atoms with Crippen LogP contribution in [0.5, 0.6) is 5.75 Å². The highest BCUT2D eigenvalue weighted by Crippen LogP contribution is 2.35. The molecule has 0 bridgehead atoms. The van der Waals surface area contributed by atoms with Crippen molar-refractivity contribution in [1.82, 2.24) is 4.98 Å². The highest BCUT2D eigenvalue weighted by molar-refractivity contribution is 6.09. The Kier molecular flexibility index (Phi) is 5.70. The number of fused-ring (bicyclic) bond motifs is 2. The number of aryl methyl sites for hydroxylation is 2. The number of pyridine rings is 1. The molecular formula is C25H27N3O2. The number of benzene rings is 2. The van der Waals surface area contributed by atoms with E-state index in [1.54, 1.807) is 24.4 Å². The Morgan fingerprint density at radius 3 is 2.80 bits per heavy atom. The van der Waals surface area contributed by atoms with Gasteiger partial charge in [0, 0.05) is 30.1 Å². The molecule has 3 N–H and O–H groups in total. The predicted molar refractivity (Wildman–Crippen MR) is 121 cm³/mol. The minimum absolute atomic E-state index is 0.0235. The van der Waals surface area contributed by atoms with Crippen molar-refractivity contribution in [3.63, 3.8) is 0 Å². The molecule has 0 atom stereocenters. The lowest BCUT2D eigenvalue weighted by Gasteiger charge is -2.15. The fraction of sp³-hybridized carbons (Fsp3) is 0.280. The average molecular weight is 402 g/mol. The van der Waals surface area contributed by atoms with Gasteiger partial charge in [-0.2, -0.15) is 0 Å². The van der Waals surface area contributed by atoms with Crippen molar-refractivity contribution in [2.24, 2.45) is 0 Å². The van der Waals surface area contributed by atoms with E-state index in [-0.39, 0.29) is 11.5 Å². The third-order valence-electron chi connectivity index (χ3n) is 5.56. The van der Waals surface area contributed by atoms with E-state index in [4.69, 9.17) is 0 Å². The molecule has 30 heavy (non-hydrogen) atoms. The Bertz CT molecular complexity index is 1090. The first-order valence-electron chi connectivity index (χ1n) is 10.5. The van der Waals surface area contributed by atoms with Gasteiger partial charge in [-0.25, -0.2) is 4.98 Å². The van der Waals surface area contributed by atoms with Gasteiger partial charge in [-0.3, -0.25) is 4.79 Å². The van der Waals surface area contributed by atoms with Crippen molar-refractivity contribution in [2.75, 3.05) is 10.6 Å². The van der Waals surface area contributed by atoms with Crippen molar-refractivity contribution in [2.45, 2.75) is 46.0 Å². The van der Waals surface area contributed by atoms with E-state index in [0.29, 0.717) is 23.5 Å². The number of phenolic OH excluding ortho intramolecular Hbond substituents is 1. The van der Waals surface area contributed by atoms with Crippen LogP contribution in [0.15, 0.2) is 48.7 Å². The molecule has 1 aliphatic rings. The molecule has 1 aromatic heterocycles. The van der Waals surface area contributed by atoms with Crippen LogP contribution < -0.4 is 10.6 Å². The number of carbonyl (C=O) groups excluding carboxylic acids is 1.